The van der Waals surface area contributed by atoms with Gasteiger partial charge in [0, 0.05) is 12.2 Å². The summed E-state index contributed by atoms with van der Waals surface area (Å²) in [6.45, 7) is 1.48. The van der Waals surface area contributed by atoms with Gasteiger partial charge in [0.2, 0.25) is 5.89 Å². The number of hydrogen-bond donors (Lipinski definition) is 0. The van der Waals surface area contributed by atoms with E-state index in [9.17, 15) is 5.26 Å². The number of hydrazine groups is 1. The van der Waals surface area contributed by atoms with E-state index in [4.69, 9.17) is 9.26 Å². The number of anilines is 2. The second-order valence-electron chi connectivity index (χ2n) is 7.02. The van der Waals surface area contributed by atoms with Gasteiger partial charge in [0.25, 0.3) is 12.4 Å². The van der Waals surface area contributed by atoms with Crippen molar-refractivity contribution < 1.29 is 13.7 Å². The van der Waals surface area contributed by atoms with Crippen LogP contribution in [0.1, 0.15) is 23.8 Å². The Morgan fingerprint density at radius 1 is 1.28 bits per heavy atom. The molecule has 10 nitrogen and oxygen atoms in total. The summed E-state index contributed by atoms with van der Waals surface area (Å²) in [6.07, 6.45) is 2.52. The van der Waals surface area contributed by atoms with Gasteiger partial charge in [-0.05, 0) is 23.7 Å². The molecule has 6 rings (SSSR count). The standard InChI is InChI=1S/C18H15FN8O2/c19-17-24(9-20)7-14-26(17)13-4-2-1-3-12(13)15-21-10-25(27(14)15)18-22-16(29-23-18)11-5-6-28-8-11/h1-4,7,11,17H,5-6,8,10H2. The van der Waals surface area contributed by atoms with E-state index in [0.717, 1.165) is 16.9 Å². The van der Waals surface area contributed by atoms with Crippen LogP contribution in [0.2, 0.25) is 0 Å². The molecule has 0 spiro atoms. The van der Waals surface area contributed by atoms with Gasteiger partial charge in [-0.3, -0.25) is 4.90 Å². The number of alkyl halides is 1. The summed E-state index contributed by atoms with van der Waals surface area (Å²) in [5, 5.41) is 16.9. The Balaban J connectivity index is 1.43. The molecule has 146 valence electrons. The maximum Gasteiger partial charge on any atom is 0.287 e. The first-order valence-electron chi connectivity index (χ1n) is 9.22. The number of aromatic nitrogens is 2. The Morgan fingerprint density at radius 3 is 3.00 bits per heavy atom. The molecule has 5 heterocycles. The van der Waals surface area contributed by atoms with Crippen molar-refractivity contribution in [2.24, 2.45) is 4.99 Å². The SMILES string of the molecule is N#CN1C=C2N(c3ccccc3C3=NCN(c4noc(C5CCOC5)n4)N23)C1F. The highest BCUT2D eigenvalue weighted by atomic mass is 19.1. The number of para-hydroxylation sites is 1. The van der Waals surface area contributed by atoms with Crippen LogP contribution < -0.4 is 9.91 Å². The molecular formula is C18H15FN8O2. The topological polar surface area (TPSA) is 97.3 Å². The minimum atomic E-state index is -1.64. The molecule has 1 saturated heterocycles. The van der Waals surface area contributed by atoms with E-state index in [-0.39, 0.29) is 12.6 Å². The van der Waals surface area contributed by atoms with Crippen molar-refractivity contribution in [2.45, 2.75) is 18.8 Å². The molecule has 0 bridgehead atoms. The number of aliphatic imine (C=N–C) groups is 1. The van der Waals surface area contributed by atoms with Crippen LogP contribution in [0.4, 0.5) is 16.0 Å². The molecule has 0 aliphatic carbocycles. The second kappa shape index (κ2) is 5.92. The Kier molecular flexibility index (Phi) is 3.33. The van der Waals surface area contributed by atoms with Crippen molar-refractivity contribution in [3.8, 4) is 6.19 Å². The van der Waals surface area contributed by atoms with Crippen LogP contribution in [0, 0.1) is 11.5 Å². The van der Waals surface area contributed by atoms with Crippen LogP contribution >= 0.6 is 0 Å². The van der Waals surface area contributed by atoms with E-state index < -0.39 is 6.42 Å². The van der Waals surface area contributed by atoms with E-state index in [2.05, 4.69) is 15.1 Å². The quantitative estimate of drug-likeness (QED) is 0.557. The fraction of sp³-hybridized carbons (Fsp3) is 0.333. The van der Waals surface area contributed by atoms with Gasteiger partial charge in [-0.1, -0.05) is 12.1 Å². The molecule has 2 atom stereocenters. The average molecular weight is 394 g/mol. The lowest BCUT2D eigenvalue weighted by atomic mass is 10.1. The summed E-state index contributed by atoms with van der Waals surface area (Å²) in [5.74, 6) is 2.03. The van der Waals surface area contributed by atoms with Crippen molar-refractivity contribution >= 4 is 17.5 Å². The van der Waals surface area contributed by atoms with Gasteiger partial charge in [0.15, 0.2) is 17.8 Å². The van der Waals surface area contributed by atoms with Crippen LogP contribution in [-0.4, -0.2) is 52.2 Å². The van der Waals surface area contributed by atoms with Gasteiger partial charge in [0.05, 0.1) is 24.4 Å². The van der Waals surface area contributed by atoms with E-state index >= 15 is 4.39 Å². The predicted octanol–water partition coefficient (Wildman–Crippen LogP) is 1.68. The number of fused-ring (bicyclic) bond motifs is 6. The lowest BCUT2D eigenvalue weighted by Gasteiger charge is -2.39. The number of benzene rings is 1. The van der Waals surface area contributed by atoms with Gasteiger partial charge in [-0.15, -0.1) is 0 Å². The largest absolute Gasteiger partial charge is 0.381 e. The zero-order valence-electron chi connectivity index (χ0n) is 15.1. The molecule has 29 heavy (non-hydrogen) atoms. The third kappa shape index (κ3) is 2.20. The lowest BCUT2D eigenvalue weighted by Crippen LogP contribution is -2.51. The monoisotopic (exact) mass is 394 g/mol. The average Bonchev–Trinajstić information content (AvgIpc) is 3.52. The minimum Gasteiger partial charge on any atom is -0.381 e. The highest BCUT2D eigenvalue weighted by Gasteiger charge is 2.47. The highest BCUT2D eigenvalue weighted by molar-refractivity contribution is 6.09. The molecule has 2 aromatic rings. The van der Waals surface area contributed by atoms with E-state index in [1.807, 2.05) is 30.5 Å². The van der Waals surface area contributed by atoms with Crippen LogP contribution in [0.15, 0.2) is 45.8 Å². The van der Waals surface area contributed by atoms with Gasteiger partial charge >= 0.3 is 0 Å². The van der Waals surface area contributed by atoms with Gasteiger partial charge < -0.3 is 9.26 Å². The first kappa shape index (κ1) is 16.3. The molecule has 4 aliphatic rings. The summed E-state index contributed by atoms with van der Waals surface area (Å²) in [7, 11) is 0. The molecule has 2 unspecified atom stereocenters. The maximum absolute atomic E-state index is 15.0. The smallest absolute Gasteiger partial charge is 0.287 e. The van der Waals surface area contributed by atoms with E-state index in [1.54, 1.807) is 10.0 Å². The van der Waals surface area contributed by atoms with Crippen LogP contribution in [0.25, 0.3) is 0 Å². The van der Waals surface area contributed by atoms with Crippen LogP contribution in [-0.2, 0) is 4.74 Å². The summed E-state index contributed by atoms with van der Waals surface area (Å²) >= 11 is 0. The molecule has 4 aliphatic heterocycles. The Morgan fingerprint density at radius 2 is 2.17 bits per heavy atom. The van der Waals surface area contributed by atoms with Crippen molar-refractivity contribution in [2.75, 3.05) is 29.8 Å². The molecule has 1 aromatic carbocycles. The summed E-state index contributed by atoms with van der Waals surface area (Å²) in [4.78, 5) is 11.6. The Bertz CT molecular complexity index is 1090. The first-order chi connectivity index (χ1) is 14.3. The fourth-order valence-electron chi connectivity index (χ4n) is 4.02. The number of ether oxygens (including phenoxy) is 1. The molecule has 1 fully saturated rings. The normalized spacial score (nSPS) is 24.8. The van der Waals surface area contributed by atoms with Crippen LogP contribution in [0.3, 0.4) is 0 Å². The Hall–Kier alpha value is -3.65. The van der Waals surface area contributed by atoms with E-state index in [0.29, 0.717) is 42.4 Å². The Labute approximate surface area is 164 Å². The molecule has 11 heteroatoms. The molecule has 0 amide bonds. The molecule has 1 aromatic heterocycles. The molecule has 0 radical (unpaired) electrons. The highest BCUT2D eigenvalue weighted by Crippen LogP contribution is 2.42. The second-order valence-corrected chi connectivity index (χ2v) is 7.02. The number of nitriles is 1. The van der Waals surface area contributed by atoms with E-state index in [1.165, 1.54) is 11.1 Å². The summed E-state index contributed by atoms with van der Waals surface area (Å²) < 4.78 is 25.9. The summed E-state index contributed by atoms with van der Waals surface area (Å²) in [6, 6.07) is 7.39. The fourth-order valence-corrected chi connectivity index (χ4v) is 4.02. The molecule has 0 saturated carbocycles. The lowest BCUT2D eigenvalue weighted by molar-refractivity contribution is 0.189. The van der Waals surface area contributed by atoms with Gasteiger partial charge in [-0.25, -0.2) is 19.9 Å². The van der Waals surface area contributed by atoms with Gasteiger partial charge in [0.1, 0.15) is 6.67 Å². The molecule has 0 N–H and O–H groups in total. The van der Waals surface area contributed by atoms with Crippen molar-refractivity contribution in [3.05, 3.63) is 47.7 Å². The zero-order valence-corrected chi connectivity index (χ0v) is 15.1. The third-order valence-corrected chi connectivity index (χ3v) is 5.42. The number of halogens is 1. The summed E-state index contributed by atoms with van der Waals surface area (Å²) in [5.41, 5.74) is 1.42. The van der Waals surface area contributed by atoms with Crippen molar-refractivity contribution in [3.63, 3.8) is 0 Å². The van der Waals surface area contributed by atoms with Crippen LogP contribution in [0.5, 0.6) is 0 Å². The number of rotatable bonds is 2. The predicted molar refractivity (Wildman–Crippen MR) is 97.5 cm³/mol. The van der Waals surface area contributed by atoms with Crippen molar-refractivity contribution in [1.29, 1.82) is 5.26 Å². The maximum atomic E-state index is 15.0. The third-order valence-electron chi connectivity index (χ3n) is 5.42. The minimum absolute atomic E-state index is 0.0767. The molecular weight excluding hydrogens is 379 g/mol. The number of amidine groups is 1. The van der Waals surface area contributed by atoms with Gasteiger partial charge in [-0.2, -0.15) is 14.6 Å². The zero-order chi connectivity index (χ0) is 19.5. The van der Waals surface area contributed by atoms with Crippen molar-refractivity contribution in [1.82, 2.24) is 20.0 Å². The first-order valence-corrected chi connectivity index (χ1v) is 9.22. The number of hydrogen-bond acceptors (Lipinski definition) is 10. The number of nitrogens with zero attached hydrogens (tertiary/aromatic N) is 8.